The van der Waals surface area contributed by atoms with Crippen molar-refractivity contribution in [2.45, 2.75) is 0 Å². The van der Waals surface area contributed by atoms with Gasteiger partial charge in [0, 0.05) is 24.5 Å². The second-order valence-corrected chi connectivity index (χ2v) is 5.67. The standard InChI is InChI=1S/C14H15N4OP/c15-13-12-11(10-4-2-1-3-5-10)8-18(20-7-6-19)14(12)17-9-16-13/h1-5,8-9,19-20H,6-7H2,(H2,15,16,17). The molecular formula is C14H15N4OP. The van der Waals surface area contributed by atoms with Crippen LogP contribution in [0.15, 0.2) is 42.9 Å². The molecule has 102 valence electrons. The smallest absolute Gasteiger partial charge is 0.149 e. The van der Waals surface area contributed by atoms with E-state index >= 15 is 0 Å². The third kappa shape index (κ3) is 2.26. The highest BCUT2D eigenvalue weighted by atomic mass is 31.1. The van der Waals surface area contributed by atoms with E-state index in [0.29, 0.717) is 20.7 Å². The molecule has 0 saturated carbocycles. The second kappa shape index (κ2) is 5.57. The largest absolute Gasteiger partial charge is 0.396 e. The summed E-state index contributed by atoms with van der Waals surface area (Å²) >= 11 is 0. The van der Waals surface area contributed by atoms with Crippen molar-refractivity contribution in [1.29, 1.82) is 0 Å². The van der Waals surface area contributed by atoms with Gasteiger partial charge in [-0.05, 0) is 14.3 Å². The van der Waals surface area contributed by atoms with Gasteiger partial charge in [-0.3, -0.25) is 0 Å². The Balaban J connectivity index is 2.21. The van der Waals surface area contributed by atoms with E-state index in [1.807, 2.05) is 40.9 Å². The van der Waals surface area contributed by atoms with E-state index in [-0.39, 0.29) is 6.61 Å². The molecule has 1 unspecified atom stereocenters. The number of rotatable bonds is 4. The van der Waals surface area contributed by atoms with E-state index in [9.17, 15) is 0 Å². The number of benzene rings is 1. The minimum absolute atomic E-state index is 0.166. The number of aliphatic hydroxyl groups is 1. The number of hydrogen-bond acceptors (Lipinski definition) is 4. The first-order valence-corrected chi connectivity index (χ1v) is 7.48. The highest BCUT2D eigenvalue weighted by molar-refractivity contribution is 7.36. The van der Waals surface area contributed by atoms with Gasteiger partial charge < -0.3 is 15.2 Å². The van der Waals surface area contributed by atoms with E-state index in [1.54, 1.807) is 0 Å². The first-order valence-electron chi connectivity index (χ1n) is 6.33. The molecule has 3 N–H and O–H groups in total. The highest BCUT2D eigenvalue weighted by Crippen LogP contribution is 2.35. The van der Waals surface area contributed by atoms with Gasteiger partial charge in [0.2, 0.25) is 0 Å². The molecule has 2 aromatic heterocycles. The lowest BCUT2D eigenvalue weighted by Gasteiger charge is -2.02. The maximum Gasteiger partial charge on any atom is 0.149 e. The fraction of sp³-hybridized carbons (Fsp3) is 0.143. The first-order chi connectivity index (χ1) is 9.81. The van der Waals surface area contributed by atoms with Gasteiger partial charge in [0.15, 0.2) is 0 Å². The molecule has 2 heterocycles. The Hall–Kier alpha value is -1.97. The summed E-state index contributed by atoms with van der Waals surface area (Å²) in [5, 5.41) is 9.89. The molecule has 6 heteroatoms. The lowest BCUT2D eigenvalue weighted by atomic mass is 10.1. The van der Waals surface area contributed by atoms with Gasteiger partial charge in [-0.25, -0.2) is 9.97 Å². The Morgan fingerprint density at radius 2 is 2.00 bits per heavy atom. The van der Waals surface area contributed by atoms with Crippen molar-refractivity contribution in [3.63, 3.8) is 0 Å². The molecule has 0 amide bonds. The minimum Gasteiger partial charge on any atom is -0.396 e. The number of nitrogens with zero attached hydrogens (tertiary/aromatic N) is 3. The highest BCUT2D eigenvalue weighted by Gasteiger charge is 2.14. The van der Waals surface area contributed by atoms with Gasteiger partial charge in [-0.15, -0.1) is 0 Å². The molecule has 20 heavy (non-hydrogen) atoms. The summed E-state index contributed by atoms with van der Waals surface area (Å²) in [6.07, 6.45) is 4.23. The molecule has 3 aromatic rings. The molecule has 0 spiro atoms. The molecule has 0 fully saturated rings. The van der Waals surface area contributed by atoms with Crippen LogP contribution in [0.4, 0.5) is 5.82 Å². The predicted octanol–water partition coefficient (Wildman–Crippen LogP) is 2.11. The average molecular weight is 286 g/mol. The van der Waals surface area contributed by atoms with Crippen LogP contribution in [0.25, 0.3) is 22.2 Å². The Bertz CT molecular complexity index is 727. The third-order valence-electron chi connectivity index (χ3n) is 3.09. The molecule has 1 atom stereocenters. The van der Waals surface area contributed by atoms with Gasteiger partial charge >= 0.3 is 0 Å². The number of hydrogen-bond donors (Lipinski definition) is 2. The van der Waals surface area contributed by atoms with Crippen LogP contribution in [-0.2, 0) is 0 Å². The van der Waals surface area contributed by atoms with Gasteiger partial charge in [0.05, 0.1) is 5.39 Å². The van der Waals surface area contributed by atoms with Crippen LogP contribution in [0.3, 0.4) is 0 Å². The monoisotopic (exact) mass is 286 g/mol. The van der Waals surface area contributed by atoms with Crippen LogP contribution in [-0.4, -0.2) is 32.2 Å². The summed E-state index contributed by atoms with van der Waals surface area (Å²) in [5.41, 5.74) is 8.97. The second-order valence-electron chi connectivity index (χ2n) is 4.37. The SMILES string of the molecule is Nc1ncnc2c1c(-c1ccccc1)cn2PCCO. The number of nitrogen functional groups attached to an aromatic ring is 1. The van der Waals surface area contributed by atoms with Gasteiger partial charge in [-0.2, -0.15) is 0 Å². The average Bonchev–Trinajstić information content (AvgIpc) is 2.86. The Morgan fingerprint density at radius 3 is 2.75 bits per heavy atom. The zero-order valence-corrected chi connectivity index (χ0v) is 11.8. The van der Waals surface area contributed by atoms with E-state index in [4.69, 9.17) is 10.8 Å². The van der Waals surface area contributed by atoms with E-state index in [1.165, 1.54) is 6.33 Å². The maximum absolute atomic E-state index is 9.01. The molecule has 1 aromatic carbocycles. The van der Waals surface area contributed by atoms with Gasteiger partial charge in [0.25, 0.3) is 0 Å². The first kappa shape index (κ1) is 13.0. The Labute approximate surface area is 118 Å². The Morgan fingerprint density at radius 1 is 1.20 bits per heavy atom. The molecule has 0 radical (unpaired) electrons. The van der Waals surface area contributed by atoms with Crippen LogP contribution in [0.2, 0.25) is 0 Å². The number of nitrogens with two attached hydrogens (primary N) is 1. The number of aliphatic hydroxyl groups excluding tert-OH is 1. The molecule has 0 aliphatic carbocycles. The van der Waals surface area contributed by atoms with Crippen LogP contribution in [0.5, 0.6) is 0 Å². The fourth-order valence-electron chi connectivity index (χ4n) is 2.21. The van der Waals surface area contributed by atoms with Crippen LogP contribution in [0, 0.1) is 0 Å². The van der Waals surface area contributed by atoms with Crippen molar-refractivity contribution < 1.29 is 5.11 Å². The topological polar surface area (TPSA) is 77.0 Å². The maximum atomic E-state index is 9.01. The molecule has 0 aliphatic heterocycles. The van der Waals surface area contributed by atoms with Crippen molar-refractivity contribution in [2.75, 3.05) is 18.5 Å². The van der Waals surface area contributed by atoms with Crippen molar-refractivity contribution >= 4 is 25.6 Å². The van der Waals surface area contributed by atoms with E-state index in [0.717, 1.165) is 22.2 Å². The number of aromatic nitrogens is 3. The number of fused-ring (bicyclic) bond motifs is 1. The fourth-order valence-corrected chi connectivity index (χ4v) is 3.09. The van der Waals surface area contributed by atoms with E-state index in [2.05, 4.69) is 9.97 Å². The molecule has 0 bridgehead atoms. The third-order valence-corrected chi connectivity index (χ3v) is 4.22. The van der Waals surface area contributed by atoms with Crippen molar-refractivity contribution in [3.05, 3.63) is 42.9 Å². The summed E-state index contributed by atoms with van der Waals surface area (Å²) in [6, 6.07) is 10.1. The quantitative estimate of drug-likeness (QED) is 0.720. The van der Waals surface area contributed by atoms with Crippen LogP contribution < -0.4 is 5.73 Å². The van der Waals surface area contributed by atoms with E-state index < -0.39 is 0 Å². The summed E-state index contributed by atoms with van der Waals surface area (Å²) in [4.78, 5) is 8.43. The van der Waals surface area contributed by atoms with Crippen molar-refractivity contribution in [2.24, 2.45) is 0 Å². The molecule has 3 rings (SSSR count). The van der Waals surface area contributed by atoms with Crippen LogP contribution >= 0.6 is 8.73 Å². The number of anilines is 1. The van der Waals surface area contributed by atoms with Crippen molar-refractivity contribution in [1.82, 2.24) is 14.3 Å². The van der Waals surface area contributed by atoms with Gasteiger partial charge in [0.1, 0.15) is 17.8 Å². The van der Waals surface area contributed by atoms with Gasteiger partial charge in [-0.1, -0.05) is 30.3 Å². The minimum atomic E-state index is 0.166. The lowest BCUT2D eigenvalue weighted by Crippen LogP contribution is -1.94. The summed E-state index contributed by atoms with van der Waals surface area (Å²) in [5.74, 6) is 0.487. The summed E-state index contributed by atoms with van der Waals surface area (Å²) in [7, 11) is 0.441. The molecule has 0 aliphatic rings. The van der Waals surface area contributed by atoms with Crippen molar-refractivity contribution in [3.8, 4) is 11.1 Å². The summed E-state index contributed by atoms with van der Waals surface area (Å²) < 4.78 is 2.05. The molecule has 5 nitrogen and oxygen atoms in total. The van der Waals surface area contributed by atoms with Crippen LogP contribution in [0.1, 0.15) is 0 Å². The Kier molecular flexibility index (Phi) is 3.63. The zero-order chi connectivity index (χ0) is 13.9. The molecule has 0 saturated heterocycles. The lowest BCUT2D eigenvalue weighted by molar-refractivity contribution is 0.322. The normalized spacial score (nSPS) is 11.7. The predicted molar refractivity (Wildman–Crippen MR) is 83.0 cm³/mol. The molecular weight excluding hydrogens is 271 g/mol. The zero-order valence-electron chi connectivity index (χ0n) is 10.8. The summed E-state index contributed by atoms with van der Waals surface area (Å²) in [6.45, 7) is 0.166.